The van der Waals surface area contributed by atoms with Crippen LogP contribution in [-0.4, -0.2) is 27.6 Å². The Balaban J connectivity index is 1.86. The molecule has 2 heterocycles. The van der Waals surface area contributed by atoms with E-state index in [0.717, 1.165) is 17.7 Å². The Morgan fingerprint density at radius 3 is 2.91 bits per heavy atom. The van der Waals surface area contributed by atoms with Gasteiger partial charge in [0.05, 0.1) is 10.6 Å². The van der Waals surface area contributed by atoms with E-state index in [2.05, 4.69) is 24.0 Å². The van der Waals surface area contributed by atoms with Crippen molar-refractivity contribution in [3.63, 3.8) is 0 Å². The molecule has 0 bridgehead atoms. The molecule has 1 aliphatic heterocycles. The Hall–Kier alpha value is -2.70. The van der Waals surface area contributed by atoms with Crippen molar-refractivity contribution < 1.29 is 9.72 Å². The van der Waals surface area contributed by atoms with E-state index in [1.165, 1.54) is 12.1 Å². The number of rotatable bonds is 4. The lowest BCUT2D eigenvalue weighted by Crippen LogP contribution is -2.29. The van der Waals surface area contributed by atoms with Crippen molar-refractivity contribution in [2.45, 2.75) is 26.7 Å². The molecule has 0 saturated carbocycles. The smallest absolute Gasteiger partial charge is 0.278 e. The molecule has 1 aliphatic rings. The number of H-pyrrole nitrogens is 1. The standard InChI is InChI=1S/C16H18N4O3/c1-10(2)7-12-8-14(18-17-12)16(21)19-6-5-11-3-4-13(20(22)23)9-15(11)19/h3-4,8-10H,5-7H2,1-2H3,(H,17,18). The number of non-ortho nitro benzene ring substituents is 1. The van der Waals surface area contributed by atoms with Crippen molar-refractivity contribution in [2.75, 3.05) is 11.4 Å². The number of nitro groups is 1. The summed E-state index contributed by atoms with van der Waals surface area (Å²) in [5.74, 6) is 0.240. The summed E-state index contributed by atoms with van der Waals surface area (Å²) >= 11 is 0. The molecule has 23 heavy (non-hydrogen) atoms. The molecule has 7 heteroatoms. The van der Waals surface area contributed by atoms with Crippen molar-refractivity contribution in [3.05, 3.63) is 51.3 Å². The van der Waals surface area contributed by atoms with Gasteiger partial charge in [0, 0.05) is 24.4 Å². The lowest BCUT2D eigenvalue weighted by molar-refractivity contribution is -0.384. The number of nitro benzene ring substituents is 1. The zero-order valence-corrected chi connectivity index (χ0v) is 13.1. The molecule has 1 aromatic heterocycles. The summed E-state index contributed by atoms with van der Waals surface area (Å²) in [6.45, 7) is 4.71. The van der Waals surface area contributed by atoms with E-state index in [9.17, 15) is 14.9 Å². The highest BCUT2D eigenvalue weighted by molar-refractivity contribution is 6.06. The molecule has 0 unspecified atom stereocenters. The average molecular weight is 314 g/mol. The summed E-state index contributed by atoms with van der Waals surface area (Å²) in [7, 11) is 0. The number of hydrogen-bond donors (Lipinski definition) is 1. The minimum Gasteiger partial charge on any atom is -0.306 e. The Kier molecular flexibility index (Phi) is 3.85. The minimum absolute atomic E-state index is 0.00836. The van der Waals surface area contributed by atoms with Crippen molar-refractivity contribution in [1.82, 2.24) is 10.2 Å². The van der Waals surface area contributed by atoms with Crippen LogP contribution in [-0.2, 0) is 12.8 Å². The third-order valence-electron chi connectivity index (χ3n) is 3.90. The fourth-order valence-electron chi connectivity index (χ4n) is 2.85. The molecule has 7 nitrogen and oxygen atoms in total. The summed E-state index contributed by atoms with van der Waals surface area (Å²) in [5, 5.41) is 17.9. The summed E-state index contributed by atoms with van der Waals surface area (Å²) in [6, 6.07) is 6.41. The van der Waals surface area contributed by atoms with Gasteiger partial charge in [0.25, 0.3) is 11.6 Å². The van der Waals surface area contributed by atoms with Gasteiger partial charge in [0.2, 0.25) is 0 Å². The number of nitrogens with zero attached hydrogens (tertiary/aromatic N) is 3. The average Bonchev–Trinajstić information content (AvgIpc) is 3.11. The van der Waals surface area contributed by atoms with Gasteiger partial charge in [-0.3, -0.25) is 20.0 Å². The SMILES string of the molecule is CC(C)Cc1cc(C(=O)N2CCc3ccc([N+](=O)[O-])cc32)n[nH]1. The number of benzene rings is 1. The predicted octanol–water partition coefficient (Wildman–Crippen LogP) is 2.72. The van der Waals surface area contributed by atoms with Crippen LogP contribution in [0.1, 0.15) is 35.6 Å². The van der Waals surface area contributed by atoms with Crippen LogP contribution < -0.4 is 4.90 Å². The summed E-state index contributed by atoms with van der Waals surface area (Å²) in [5.41, 5.74) is 2.81. The molecule has 1 N–H and O–H groups in total. The second kappa shape index (κ2) is 5.83. The van der Waals surface area contributed by atoms with Crippen LogP contribution in [0.3, 0.4) is 0 Å². The Morgan fingerprint density at radius 1 is 1.43 bits per heavy atom. The number of carbonyl (C=O) groups is 1. The summed E-state index contributed by atoms with van der Waals surface area (Å²) in [6.07, 6.45) is 1.52. The van der Waals surface area contributed by atoms with Crippen molar-refractivity contribution in [1.29, 1.82) is 0 Å². The third-order valence-corrected chi connectivity index (χ3v) is 3.90. The minimum atomic E-state index is -0.448. The number of anilines is 1. The summed E-state index contributed by atoms with van der Waals surface area (Å²) in [4.78, 5) is 24.7. The summed E-state index contributed by atoms with van der Waals surface area (Å²) < 4.78 is 0. The highest BCUT2D eigenvalue weighted by Crippen LogP contribution is 2.32. The van der Waals surface area contributed by atoms with Crippen molar-refractivity contribution >= 4 is 17.3 Å². The molecule has 120 valence electrons. The molecule has 3 rings (SSSR count). The van der Waals surface area contributed by atoms with Crippen molar-refractivity contribution in [3.8, 4) is 0 Å². The molecule has 1 amide bonds. The molecule has 2 aromatic rings. The number of aromatic nitrogens is 2. The number of nitrogens with one attached hydrogen (secondary N) is 1. The number of aromatic amines is 1. The maximum atomic E-state index is 12.7. The van der Waals surface area contributed by atoms with Gasteiger partial charge < -0.3 is 4.90 Å². The van der Waals surface area contributed by atoms with E-state index in [1.54, 1.807) is 17.0 Å². The van der Waals surface area contributed by atoms with E-state index in [1.807, 2.05) is 0 Å². The first-order chi connectivity index (χ1) is 11.0. The van der Waals surface area contributed by atoms with Crippen molar-refractivity contribution in [2.24, 2.45) is 5.92 Å². The quantitative estimate of drug-likeness (QED) is 0.693. The normalized spacial score (nSPS) is 13.4. The van der Waals surface area contributed by atoms with Gasteiger partial charge in [0.1, 0.15) is 0 Å². The topological polar surface area (TPSA) is 92.1 Å². The van der Waals surface area contributed by atoms with E-state index in [-0.39, 0.29) is 11.6 Å². The van der Waals surface area contributed by atoms with Crippen LogP contribution in [0, 0.1) is 16.0 Å². The molecule has 0 fully saturated rings. The van der Waals surface area contributed by atoms with Crippen LogP contribution in [0.5, 0.6) is 0 Å². The largest absolute Gasteiger partial charge is 0.306 e. The fourth-order valence-corrected chi connectivity index (χ4v) is 2.85. The van der Waals surface area contributed by atoms with Gasteiger partial charge >= 0.3 is 0 Å². The van der Waals surface area contributed by atoms with E-state index in [4.69, 9.17) is 0 Å². The third kappa shape index (κ3) is 2.94. The first-order valence-electron chi connectivity index (χ1n) is 7.59. The maximum absolute atomic E-state index is 12.7. The Morgan fingerprint density at radius 2 is 2.22 bits per heavy atom. The molecular formula is C16H18N4O3. The molecule has 0 aliphatic carbocycles. The fraction of sp³-hybridized carbons (Fsp3) is 0.375. The molecule has 0 radical (unpaired) electrons. The van der Waals surface area contributed by atoms with Gasteiger partial charge in [0.15, 0.2) is 5.69 Å². The molecule has 0 saturated heterocycles. The maximum Gasteiger partial charge on any atom is 0.278 e. The lowest BCUT2D eigenvalue weighted by atomic mass is 10.1. The van der Waals surface area contributed by atoms with E-state index in [0.29, 0.717) is 30.3 Å². The van der Waals surface area contributed by atoms with Crippen LogP contribution >= 0.6 is 0 Å². The highest BCUT2D eigenvalue weighted by atomic mass is 16.6. The van der Waals surface area contributed by atoms with Gasteiger partial charge in [-0.25, -0.2) is 0 Å². The second-order valence-electron chi connectivity index (χ2n) is 6.15. The van der Waals surface area contributed by atoms with Crippen LogP contribution in [0.15, 0.2) is 24.3 Å². The Labute approximate surface area is 133 Å². The monoisotopic (exact) mass is 314 g/mol. The molecule has 0 atom stereocenters. The first kappa shape index (κ1) is 15.2. The van der Waals surface area contributed by atoms with Crippen LogP contribution in [0.25, 0.3) is 0 Å². The number of carbonyl (C=O) groups excluding carboxylic acids is 1. The van der Waals surface area contributed by atoms with Crippen LogP contribution in [0.2, 0.25) is 0 Å². The Bertz CT molecular complexity index is 766. The first-order valence-corrected chi connectivity index (χ1v) is 7.59. The second-order valence-corrected chi connectivity index (χ2v) is 6.15. The number of amides is 1. The lowest BCUT2D eigenvalue weighted by Gasteiger charge is -2.15. The van der Waals surface area contributed by atoms with E-state index < -0.39 is 4.92 Å². The molecule has 1 aromatic carbocycles. The predicted molar refractivity (Wildman–Crippen MR) is 85.6 cm³/mol. The van der Waals surface area contributed by atoms with E-state index >= 15 is 0 Å². The van der Waals surface area contributed by atoms with Gasteiger partial charge in [-0.15, -0.1) is 0 Å². The van der Waals surface area contributed by atoms with Gasteiger partial charge in [-0.2, -0.15) is 5.10 Å². The zero-order valence-electron chi connectivity index (χ0n) is 13.1. The van der Waals surface area contributed by atoms with Gasteiger partial charge in [-0.1, -0.05) is 19.9 Å². The zero-order chi connectivity index (χ0) is 16.6. The molecular weight excluding hydrogens is 296 g/mol. The van der Waals surface area contributed by atoms with Gasteiger partial charge in [-0.05, 0) is 30.4 Å². The number of fused-ring (bicyclic) bond motifs is 1. The molecule has 0 spiro atoms. The van der Waals surface area contributed by atoms with Crippen LogP contribution in [0.4, 0.5) is 11.4 Å². The highest BCUT2D eigenvalue weighted by Gasteiger charge is 2.28. The number of hydrogen-bond acceptors (Lipinski definition) is 4.